The third kappa shape index (κ3) is 3.90. The zero-order valence-electron chi connectivity index (χ0n) is 11.9. The molecule has 0 amide bonds. The molecular weight excluding hydrogens is 268 g/mol. The fraction of sp³-hybridized carbons (Fsp3) is 0.917. The summed E-state index contributed by atoms with van der Waals surface area (Å²) in [7, 11) is -3.55. The molecule has 1 aliphatic heterocycles. The monoisotopic (exact) mass is 292 g/mol. The molecule has 6 nitrogen and oxygen atoms in total. The van der Waals surface area contributed by atoms with Gasteiger partial charge in [-0.05, 0) is 19.8 Å². The molecule has 1 N–H and O–H groups in total. The summed E-state index contributed by atoms with van der Waals surface area (Å²) in [4.78, 5) is 10.9. The molecule has 1 saturated heterocycles. The number of carboxylic acid groups (broad SMARTS) is 1. The molecule has 0 aromatic rings. The second kappa shape index (κ2) is 6.67. The first-order valence-electron chi connectivity index (χ1n) is 6.80. The smallest absolute Gasteiger partial charge is 0.307 e. The molecule has 1 aliphatic rings. The number of aliphatic carboxylic acids is 1. The lowest BCUT2D eigenvalue weighted by atomic mass is 10.1. The van der Waals surface area contributed by atoms with E-state index >= 15 is 0 Å². The number of carbonyl (C=O) groups is 1. The van der Waals surface area contributed by atoms with Gasteiger partial charge in [0.25, 0.3) is 10.2 Å². The van der Waals surface area contributed by atoms with Gasteiger partial charge in [-0.2, -0.15) is 17.0 Å². The molecule has 0 aromatic carbocycles. The molecule has 1 fully saturated rings. The average Bonchev–Trinajstić information content (AvgIpc) is 2.35. The third-order valence-electron chi connectivity index (χ3n) is 3.62. The summed E-state index contributed by atoms with van der Waals surface area (Å²) in [5.41, 5.74) is 0. The van der Waals surface area contributed by atoms with Crippen molar-refractivity contribution in [2.45, 2.75) is 46.1 Å². The van der Waals surface area contributed by atoms with E-state index in [0.29, 0.717) is 13.1 Å². The summed E-state index contributed by atoms with van der Waals surface area (Å²) in [6, 6.07) is -0.00654. The third-order valence-corrected chi connectivity index (χ3v) is 5.81. The Balaban J connectivity index is 2.85. The first kappa shape index (κ1) is 16.4. The average molecular weight is 292 g/mol. The highest BCUT2D eigenvalue weighted by molar-refractivity contribution is 7.86. The van der Waals surface area contributed by atoms with Gasteiger partial charge in [0, 0.05) is 25.7 Å². The summed E-state index contributed by atoms with van der Waals surface area (Å²) in [5.74, 6) is -1.67. The van der Waals surface area contributed by atoms with Crippen molar-refractivity contribution in [1.29, 1.82) is 0 Å². The normalized spacial score (nSPS) is 23.5. The van der Waals surface area contributed by atoms with Crippen LogP contribution >= 0.6 is 0 Å². The first-order chi connectivity index (χ1) is 8.80. The van der Waals surface area contributed by atoms with Crippen LogP contribution in [0.25, 0.3) is 0 Å². The molecule has 0 aromatic heterocycles. The van der Waals surface area contributed by atoms with E-state index in [0.717, 1.165) is 19.3 Å². The van der Waals surface area contributed by atoms with E-state index in [-0.39, 0.29) is 12.6 Å². The molecule has 19 heavy (non-hydrogen) atoms. The van der Waals surface area contributed by atoms with E-state index in [4.69, 9.17) is 5.11 Å². The largest absolute Gasteiger partial charge is 0.481 e. The predicted octanol–water partition coefficient (Wildman–Crippen LogP) is 1.15. The summed E-state index contributed by atoms with van der Waals surface area (Å²) >= 11 is 0. The van der Waals surface area contributed by atoms with Crippen molar-refractivity contribution in [1.82, 2.24) is 8.61 Å². The van der Waals surface area contributed by atoms with Crippen LogP contribution in [0.1, 0.15) is 40.0 Å². The Morgan fingerprint density at radius 3 is 2.58 bits per heavy atom. The highest BCUT2D eigenvalue weighted by Crippen LogP contribution is 2.22. The van der Waals surface area contributed by atoms with Crippen LogP contribution in [0.15, 0.2) is 0 Å². The lowest BCUT2D eigenvalue weighted by Gasteiger charge is -2.36. The lowest BCUT2D eigenvalue weighted by Crippen LogP contribution is -2.51. The Kier molecular flexibility index (Phi) is 5.76. The van der Waals surface area contributed by atoms with Gasteiger partial charge >= 0.3 is 5.97 Å². The minimum absolute atomic E-state index is 0.00654. The predicted molar refractivity (Wildman–Crippen MR) is 73.0 cm³/mol. The maximum atomic E-state index is 12.5. The molecule has 7 heteroatoms. The van der Waals surface area contributed by atoms with E-state index in [9.17, 15) is 13.2 Å². The fourth-order valence-electron chi connectivity index (χ4n) is 2.33. The molecule has 0 radical (unpaired) electrons. The van der Waals surface area contributed by atoms with Crippen molar-refractivity contribution in [3.05, 3.63) is 0 Å². The molecule has 1 heterocycles. The zero-order chi connectivity index (χ0) is 14.6. The number of piperidine rings is 1. The highest BCUT2D eigenvalue weighted by atomic mass is 32.2. The van der Waals surface area contributed by atoms with Crippen LogP contribution in [-0.4, -0.2) is 53.8 Å². The van der Waals surface area contributed by atoms with Crippen molar-refractivity contribution in [2.24, 2.45) is 5.92 Å². The molecule has 2 atom stereocenters. The van der Waals surface area contributed by atoms with Gasteiger partial charge in [-0.1, -0.05) is 20.3 Å². The summed E-state index contributed by atoms with van der Waals surface area (Å²) in [5, 5.41) is 8.92. The summed E-state index contributed by atoms with van der Waals surface area (Å²) in [6.07, 6.45) is 2.78. The first-order valence-corrected chi connectivity index (χ1v) is 8.20. The summed E-state index contributed by atoms with van der Waals surface area (Å²) < 4.78 is 27.9. The van der Waals surface area contributed by atoms with E-state index in [1.807, 2.05) is 6.92 Å². The van der Waals surface area contributed by atoms with Gasteiger partial charge in [0.15, 0.2) is 0 Å². The maximum absolute atomic E-state index is 12.5. The Morgan fingerprint density at radius 1 is 1.47 bits per heavy atom. The Hall–Kier alpha value is -0.660. The maximum Gasteiger partial charge on any atom is 0.307 e. The van der Waals surface area contributed by atoms with Gasteiger partial charge in [0.05, 0.1) is 5.92 Å². The minimum Gasteiger partial charge on any atom is -0.481 e. The Morgan fingerprint density at radius 2 is 2.11 bits per heavy atom. The quantitative estimate of drug-likeness (QED) is 0.796. The van der Waals surface area contributed by atoms with Crippen molar-refractivity contribution in [2.75, 3.05) is 19.6 Å². The molecule has 1 rings (SSSR count). The van der Waals surface area contributed by atoms with E-state index in [2.05, 4.69) is 0 Å². The van der Waals surface area contributed by atoms with Crippen LogP contribution in [-0.2, 0) is 15.0 Å². The van der Waals surface area contributed by atoms with Gasteiger partial charge in [-0.3, -0.25) is 4.79 Å². The van der Waals surface area contributed by atoms with Gasteiger partial charge in [-0.15, -0.1) is 0 Å². The zero-order valence-corrected chi connectivity index (χ0v) is 12.7. The van der Waals surface area contributed by atoms with Crippen LogP contribution in [0.4, 0.5) is 0 Å². The van der Waals surface area contributed by atoms with Crippen LogP contribution < -0.4 is 0 Å². The minimum atomic E-state index is -3.55. The number of rotatable bonds is 6. The van der Waals surface area contributed by atoms with Crippen LogP contribution in [0, 0.1) is 5.92 Å². The number of hydrogen-bond donors (Lipinski definition) is 1. The second-order valence-corrected chi connectivity index (χ2v) is 7.03. The SMILES string of the molecule is CCN(CC(C)C(=O)O)S(=O)(=O)N1CCCCC1C. The molecule has 112 valence electrons. The van der Waals surface area contributed by atoms with Crippen molar-refractivity contribution in [3.63, 3.8) is 0 Å². The molecule has 0 saturated carbocycles. The molecular formula is C12H24N2O4S. The Labute approximate surface area is 115 Å². The molecule has 0 aliphatic carbocycles. The van der Waals surface area contributed by atoms with Crippen molar-refractivity contribution < 1.29 is 18.3 Å². The van der Waals surface area contributed by atoms with Gasteiger partial charge in [0.2, 0.25) is 0 Å². The molecule has 2 unspecified atom stereocenters. The molecule has 0 bridgehead atoms. The van der Waals surface area contributed by atoms with Crippen molar-refractivity contribution in [3.8, 4) is 0 Å². The highest BCUT2D eigenvalue weighted by Gasteiger charge is 2.35. The number of nitrogens with zero attached hydrogens (tertiary/aromatic N) is 2. The second-order valence-electron chi connectivity index (χ2n) is 5.15. The Bertz CT molecular complexity index is 410. The standard InChI is InChI=1S/C12H24N2O4S/c1-4-13(9-10(2)12(15)16)19(17,18)14-8-6-5-7-11(14)3/h10-11H,4-9H2,1-3H3,(H,15,16). The van der Waals surface area contributed by atoms with Crippen molar-refractivity contribution >= 4 is 16.2 Å². The van der Waals surface area contributed by atoms with Crippen LogP contribution in [0.5, 0.6) is 0 Å². The van der Waals surface area contributed by atoms with Gasteiger partial charge in [-0.25, -0.2) is 0 Å². The van der Waals surface area contributed by atoms with Crippen LogP contribution in [0.2, 0.25) is 0 Å². The van der Waals surface area contributed by atoms with Gasteiger partial charge < -0.3 is 5.11 Å². The lowest BCUT2D eigenvalue weighted by molar-refractivity contribution is -0.141. The van der Waals surface area contributed by atoms with E-state index in [1.165, 1.54) is 15.5 Å². The molecule has 0 spiro atoms. The van der Waals surface area contributed by atoms with E-state index in [1.54, 1.807) is 6.92 Å². The topological polar surface area (TPSA) is 77.9 Å². The summed E-state index contributed by atoms with van der Waals surface area (Å²) in [6.45, 7) is 6.02. The van der Waals surface area contributed by atoms with E-state index < -0.39 is 22.1 Å². The number of carboxylic acids is 1. The van der Waals surface area contributed by atoms with Crippen LogP contribution in [0.3, 0.4) is 0 Å². The fourth-order valence-corrected chi connectivity index (χ4v) is 4.29. The number of hydrogen-bond acceptors (Lipinski definition) is 3. The van der Waals surface area contributed by atoms with Gasteiger partial charge in [0.1, 0.15) is 0 Å².